The van der Waals surface area contributed by atoms with Gasteiger partial charge in [0.25, 0.3) is 5.91 Å². The van der Waals surface area contributed by atoms with Crippen LogP contribution in [0.4, 0.5) is 5.00 Å². The number of aromatic amines is 1. The van der Waals surface area contributed by atoms with Crippen molar-refractivity contribution in [2.75, 3.05) is 5.32 Å². The summed E-state index contributed by atoms with van der Waals surface area (Å²) in [6, 6.07) is 7.96. The third-order valence-corrected chi connectivity index (χ3v) is 6.28. The minimum absolute atomic E-state index is 0.0612. The Bertz CT molecular complexity index is 955. The van der Waals surface area contributed by atoms with E-state index in [1.165, 1.54) is 18.4 Å². The molecule has 0 bridgehead atoms. The van der Waals surface area contributed by atoms with Crippen LogP contribution in [0.5, 0.6) is 0 Å². The Morgan fingerprint density at radius 1 is 1.38 bits per heavy atom. The van der Waals surface area contributed by atoms with E-state index in [-0.39, 0.29) is 11.9 Å². The van der Waals surface area contributed by atoms with Crippen LogP contribution in [0.3, 0.4) is 0 Å². The van der Waals surface area contributed by atoms with Gasteiger partial charge < -0.3 is 16.0 Å². The van der Waals surface area contributed by atoms with Crippen molar-refractivity contribution in [3.63, 3.8) is 0 Å². The lowest BCUT2D eigenvalue weighted by Gasteiger charge is -2.27. The van der Waals surface area contributed by atoms with Gasteiger partial charge >= 0.3 is 0 Å². The summed E-state index contributed by atoms with van der Waals surface area (Å²) in [5, 5.41) is 7.06. The first-order valence-electron chi connectivity index (χ1n) is 9.31. The zero-order valence-electron chi connectivity index (χ0n) is 15.3. The largest absolute Gasteiger partial charge is 0.357 e. The molecule has 1 aliphatic rings. The van der Waals surface area contributed by atoms with E-state index in [2.05, 4.69) is 17.2 Å². The van der Waals surface area contributed by atoms with Gasteiger partial charge in [0.2, 0.25) is 0 Å². The van der Waals surface area contributed by atoms with Crippen LogP contribution in [0, 0.1) is 12.8 Å². The molecule has 0 fully saturated rings. The number of aromatic nitrogens is 1. The Morgan fingerprint density at radius 2 is 2.23 bits per heavy atom. The fourth-order valence-electron chi connectivity index (χ4n) is 4.10. The molecule has 2 atom stereocenters. The molecule has 0 spiro atoms. The molecule has 0 radical (unpaired) electrons. The summed E-state index contributed by atoms with van der Waals surface area (Å²) in [6.07, 6.45) is 4.48. The monoisotopic (exact) mass is 367 g/mol. The smallest absolute Gasteiger partial charge is 0.256 e. The van der Waals surface area contributed by atoms with Crippen LogP contribution in [-0.4, -0.2) is 10.9 Å². The quantitative estimate of drug-likeness (QED) is 0.596. The standard InChI is InChI=1S/C21H25N3OS/c1-3-4-13-8-16-15-10-14(21(25)24-19-7-12(2)11-26-19)5-6-18(15)23-20(16)17(22)9-13/h5-7,10-11,13,17,23H,3-4,8-9,22H2,1-2H3,(H,24,25). The minimum Gasteiger partial charge on any atom is -0.357 e. The van der Waals surface area contributed by atoms with Gasteiger partial charge in [-0.25, -0.2) is 0 Å². The molecule has 2 heterocycles. The number of rotatable bonds is 4. The van der Waals surface area contributed by atoms with Crippen molar-refractivity contribution in [2.24, 2.45) is 11.7 Å². The number of carbonyl (C=O) groups excluding carboxylic acids is 1. The Hall–Kier alpha value is -2.11. The number of H-pyrrole nitrogens is 1. The minimum atomic E-state index is -0.0612. The first-order chi connectivity index (χ1) is 12.5. The zero-order chi connectivity index (χ0) is 18.3. The molecule has 26 heavy (non-hydrogen) atoms. The van der Waals surface area contributed by atoms with Crippen LogP contribution in [-0.2, 0) is 6.42 Å². The van der Waals surface area contributed by atoms with Crippen LogP contribution < -0.4 is 11.1 Å². The van der Waals surface area contributed by atoms with E-state index in [0.717, 1.165) is 40.0 Å². The van der Waals surface area contributed by atoms with Gasteiger partial charge in [0, 0.05) is 28.2 Å². The van der Waals surface area contributed by atoms with Crippen molar-refractivity contribution >= 4 is 33.1 Å². The normalized spacial score (nSPS) is 19.5. The second-order valence-corrected chi connectivity index (χ2v) is 8.33. The van der Waals surface area contributed by atoms with Gasteiger partial charge in [-0.3, -0.25) is 4.79 Å². The maximum atomic E-state index is 12.6. The van der Waals surface area contributed by atoms with Crippen LogP contribution in [0.2, 0.25) is 0 Å². The van der Waals surface area contributed by atoms with Crippen LogP contribution >= 0.6 is 11.3 Å². The molecule has 4 N–H and O–H groups in total. The Balaban J connectivity index is 1.66. The highest BCUT2D eigenvalue weighted by Crippen LogP contribution is 2.38. The molecule has 0 saturated carbocycles. The van der Waals surface area contributed by atoms with Crippen LogP contribution in [0.15, 0.2) is 29.6 Å². The molecule has 1 aliphatic carbocycles. The molecule has 4 nitrogen and oxygen atoms in total. The Labute approximate surface area is 157 Å². The number of nitrogens with two attached hydrogens (primary N) is 1. The predicted molar refractivity (Wildman–Crippen MR) is 109 cm³/mol. The molecule has 4 rings (SSSR count). The summed E-state index contributed by atoms with van der Waals surface area (Å²) in [4.78, 5) is 16.1. The van der Waals surface area contributed by atoms with Crippen molar-refractivity contribution in [1.82, 2.24) is 4.98 Å². The number of amides is 1. The molecular weight excluding hydrogens is 342 g/mol. The van der Waals surface area contributed by atoms with E-state index in [1.807, 2.05) is 36.6 Å². The third kappa shape index (κ3) is 3.17. The van der Waals surface area contributed by atoms with Crippen molar-refractivity contribution < 1.29 is 4.79 Å². The summed E-state index contributed by atoms with van der Waals surface area (Å²) in [7, 11) is 0. The van der Waals surface area contributed by atoms with E-state index >= 15 is 0 Å². The number of hydrogen-bond acceptors (Lipinski definition) is 3. The summed E-state index contributed by atoms with van der Waals surface area (Å²) in [6.45, 7) is 4.26. The highest BCUT2D eigenvalue weighted by molar-refractivity contribution is 7.14. The van der Waals surface area contributed by atoms with Crippen LogP contribution in [0.25, 0.3) is 10.9 Å². The number of thiophene rings is 1. The highest BCUT2D eigenvalue weighted by atomic mass is 32.1. The lowest BCUT2D eigenvalue weighted by molar-refractivity contribution is 0.102. The van der Waals surface area contributed by atoms with Gasteiger partial charge in [0.1, 0.15) is 0 Å². The molecule has 3 aromatic rings. The van der Waals surface area contributed by atoms with Gasteiger partial charge in [0.05, 0.1) is 5.00 Å². The van der Waals surface area contributed by atoms with Gasteiger partial charge in [-0.05, 0) is 66.5 Å². The van der Waals surface area contributed by atoms with Gasteiger partial charge in [-0.2, -0.15) is 0 Å². The number of aryl methyl sites for hydroxylation is 1. The predicted octanol–water partition coefficient (Wildman–Crippen LogP) is 5.15. The molecule has 0 aliphatic heterocycles. The zero-order valence-corrected chi connectivity index (χ0v) is 16.1. The number of benzene rings is 1. The fraction of sp³-hybridized carbons (Fsp3) is 0.381. The molecule has 1 aromatic carbocycles. The molecule has 1 amide bonds. The first kappa shape index (κ1) is 17.3. The lowest BCUT2D eigenvalue weighted by Crippen LogP contribution is -2.23. The second kappa shape index (κ2) is 6.89. The summed E-state index contributed by atoms with van der Waals surface area (Å²) >= 11 is 1.55. The van der Waals surface area contributed by atoms with E-state index < -0.39 is 0 Å². The molecule has 136 valence electrons. The Morgan fingerprint density at radius 3 is 2.96 bits per heavy atom. The number of carbonyl (C=O) groups is 1. The van der Waals surface area contributed by atoms with Crippen molar-refractivity contribution in [1.29, 1.82) is 0 Å². The lowest BCUT2D eigenvalue weighted by atomic mass is 9.81. The Kier molecular flexibility index (Phi) is 4.59. The first-order valence-corrected chi connectivity index (χ1v) is 10.2. The summed E-state index contributed by atoms with van der Waals surface area (Å²) in [5.41, 5.74) is 11.8. The molecular formula is C21H25N3OS. The van der Waals surface area contributed by atoms with E-state index in [9.17, 15) is 4.79 Å². The maximum absolute atomic E-state index is 12.6. The molecule has 5 heteroatoms. The topological polar surface area (TPSA) is 70.9 Å². The van der Waals surface area contributed by atoms with Gasteiger partial charge in [-0.15, -0.1) is 11.3 Å². The fourth-order valence-corrected chi connectivity index (χ4v) is 4.89. The SMILES string of the molecule is CCCC1Cc2c([nH]c3ccc(C(=O)Nc4cc(C)cs4)cc23)C(N)C1. The molecule has 2 unspecified atom stereocenters. The highest BCUT2D eigenvalue weighted by Gasteiger charge is 2.27. The van der Waals surface area contributed by atoms with Crippen molar-refractivity contribution in [3.05, 3.63) is 52.0 Å². The van der Waals surface area contributed by atoms with Gasteiger partial charge in [-0.1, -0.05) is 19.8 Å². The van der Waals surface area contributed by atoms with Crippen LogP contribution in [0.1, 0.15) is 59.4 Å². The van der Waals surface area contributed by atoms with Crippen molar-refractivity contribution in [2.45, 2.75) is 45.6 Å². The van der Waals surface area contributed by atoms with E-state index in [4.69, 9.17) is 5.73 Å². The number of fused-ring (bicyclic) bond motifs is 3. The van der Waals surface area contributed by atoms with E-state index in [1.54, 1.807) is 11.3 Å². The third-order valence-electron chi connectivity index (χ3n) is 5.32. The van der Waals surface area contributed by atoms with Crippen molar-refractivity contribution in [3.8, 4) is 0 Å². The average Bonchev–Trinajstić information content (AvgIpc) is 3.18. The number of nitrogens with one attached hydrogen (secondary N) is 2. The second-order valence-electron chi connectivity index (χ2n) is 7.42. The summed E-state index contributed by atoms with van der Waals surface area (Å²) < 4.78 is 0. The number of anilines is 1. The summed E-state index contributed by atoms with van der Waals surface area (Å²) in [5.74, 6) is 0.571. The molecule has 0 saturated heterocycles. The average molecular weight is 368 g/mol. The van der Waals surface area contributed by atoms with E-state index in [0.29, 0.717) is 11.5 Å². The van der Waals surface area contributed by atoms with Gasteiger partial charge in [0.15, 0.2) is 0 Å². The maximum Gasteiger partial charge on any atom is 0.256 e. The molecule has 2 aromatic heterocycles. The number of hydrogen-bond donors (Lipinski definition) is 3.